The summed E-state index contributed by atoms with van der Waals surface area (Å²) >= 11 is 0. The van der Waals surface area contributed by atoms with E-state index in [1.54, 1.807) is 6.92 Å². The van der Waals surface area contributed by atoms with Crippen molar-refractivity contribution in [1.29, 1.82) is 0 Å². The van der Waals surface area contributed by atoms with Crippen molar-refractivity contribution in [1.82, 2.24) is 0 Å². The van der Waals surface area contributed by atoms with Crippen molar-refractivity contribution >= 4 is 11.9 Å². The van der Waals surface area contributed by atoms with Crippen LogP contribution in [0.3, 0.4) is 0 Å². The van der Waals surface area contributed by atoms with Crippen LogP contribution in [0.15, 0.2) is 0 Å². The van der Waals surface area contributed by atoms with Gasteiger partial charge in [0.1, 0.15) is 0 Å². The zero-order valence-electron chi connectivity index (χ0n) is 15.0. The highest BCUT2D eigenvalue weighted by atomic mass is 16.5. The lowest BCUT2D eigenvalue weighted by atomic mass is 9.47. The van der Waals surface area contributed by atoms with E-state index in [1.807, 2.05) is 13.8 Å². The molecule has 1 rings (SSSR count). The molecule has 0 saturated heterocycles. The van der Waals surface area contributed by atoms with Gasteiger partial charge in [-0.15, -0.1) is 0 Å². The van der Waals surface area contributed by atoms with Gasteiger partial charge in [-0.2, -0.15) is 0 Å². The van der Waals surface area contributed by atoms with Crippen LogP contribution in [0.5, 0.6) is 0 Å². The number of unbranched alkanes of at least 4 members (excludes halogenated alkanes) is 1. The third-order valence-corrected chi connectivity index (χ3v) is 6.05. The minimum Gasteiger partial charge on any atom is -0.481 e. The Bertz CT molecular complexity index is 429. The molecule has 1 aliphatic rings. The van der Waals surface area contributed by atoms with E-state index in [4.69, 9.17) is 4.74 Å². The van der Waals surface area contributed by atoms with Crippen molar-refractivity contribution in [2.45, 2.75) is 73.6 Å². The van der Waals surface area contributed by atoms with Crippen molar-refractivity contribution in [2.24, 2.45) is 22.2 Å². The normalized spacial score (nSPS) is 34.2. The Morgan fingerprint density at radius 1 is 1.23 bits per heavy atom. The number of carboxylic acids is 1. The van der Waals surface area contributed by atoms with Gasteiger partial charge < -0.3 is 9.84 Å². The fraction of sp³-hybridized carbons (Fsp3) is 0.889. The Labute approximate surface area is 134 Å². The first-order valence-corrected chi connectivity index (χ1v) is 8.48. The molecule has 0 aromatic rings. The van der Waals surface area contributed by atoms with Gasteiger partial charge in [0.15, 0.2) is 0 Å². The second kappa shape index (κ2) is 6.59. The van der Waals surface area contributed by atoms with Crippen LogP contribution in [0.25, 0.3) is 0 Å². The number of carbonyl (C=O) groups excluding carboxylic acids is 1. The first-order chi connectivity index (χ1) is 10.1. The predicted molar refractivity (Wildman–Crippen MR) is 86.5 cm³/mol. The van der Waals surface area contributed by atoms with E-state index in [9.17, 15) is 14.7 Å². The number of hydrogen-bond acceptors (Lipinski definition) is 3. The summed E-state index contributed by atoms with van der Waals surface area (Å²) in [5.41, 5.74) is -2.09. The lowest BCUT2D eigenvalue weighted by Gasteiger charge is -2.55. The molecular weight excluding hydrogens is 280 g/mol. The maximum Gasteiger partial charge on any atom is 0.312 e. The Kier molecular flexibility index (Phi) is 5.69. The van der Waals surface area contributed by atoms with Crippen LogP contribution in [0.2, 0.25) is 0 Å². The first kappa shape index (κ1) is 19.0. The number of esters is 1. The van der Waals surface area contributed by atoms with E-state index in [0.717, 1.165) is 12.8 Å². The summed E-state index contributed by atoms with van der Waals surface area (Å²) in [5, 5.41) is 9.93. The summed E-state index contributed by atoms with van der Waals surface area (Å²) in [5.74, 6) is -0.961. The number of rotatable bonds is 6. The summed E-state index contributed by atoms with van der Waals surface area (Å²) < 4.78 is 5.46. The van der Waals surface area contributed by atoms with Gasteiger partial charge in [-0.25, -0.2) is 0 Å². The van der Waals surface area contributed by atoms with Gasteiger partial charge in [-0.05, 0) is 43.9 Å². The van der Waals surface area contributed by atoms with Crippen molar-refractivity contribution in [3.8, 4) is 0 Å². The molecule has 1 aliphatic carbocycles. The molecule has 0 aromatic carbocycles. The Hall–Kier alpha value is -1.06. The van der Waals surface area contributed by atoms with E-state index < -0.39 is 16.8 Å². The molecule has 3 unspecified atom stereocenters. The fourth-order valence-electron chi connectivity index (χ4n) is 4.02. The van der Waals surface area contributed by atoms with Gasteiger partial charge >= 0.3 is 11.9 Å². The molecule has 1 N–H and O–H groups in total. The van der Waals surface area contributed by atoms with Gasteiger partial charge in [-0.1, -0.05) is 41.0 Å². The minimum atomic E-state index is -1.04. The lowest BCUT2D eigenvalue weighted by molar-refractivity contribution is -0.192. The molecule has 22 heavy (non-hydrogen) atoms. The molecule has 0 amide bonds. The van der Waals surface area contributed by atoms with Crippen LogP contribution in [0, 0.1) is 22.2 Å². The summed E-state index contributed by atoms with van der Waals surface area (Å²) in [6.07, 6.45) is 3.28. The zero-order valence-corrected chi connectivity index (χ0v) is 15.0. The van der Waals surface area contributed by atoms with Crippen molar-refractivity contribution < 1.29 is 19.4 Å². The molecule has 4 heteroatoms. The molecule has 0 heterocycles. The standard InChI is InChI=1S/C18H32O4/c1-7-9-10-22-15(21)17(6)12-16(4,5)13(3)11-18(17,8-2)14(19)20/h13H,7-12H2,1-6H3,(H,19,20). The van der Waals surface area contributed by atoms with Crippen LogP contribution in [0.1, 0.15) is 73.6 Å². The number of carbonyl (C=O) groups is 2. The predicted octanol–water partition coefficient (Wildman–Crippen LogP) is 4.27. The van der Waals surface area contributed by atoms with Crippen molar-refractivity contribution in [2.75, 3.05) is 6.61 Å². The maximum atomic E-state index is 12.8. The molecule has 1 fully saturated rings. The van der Waals surface area contributed by atoms with Crippen LogP contribution in [-0.2, 0) is 14.3 Å². The summed E-state index contributed by atoms with van der Waals surface area (Å²) in [6, 6.07) is 0. The van der Waals surface area contributed by atoms with Gasteiger partial charge in [0.05, 0.1) is 17.4 Å². The van der Waals surface area contributed by atoms with Crippen LogP contribution >= 0.6 is 0 Å². The van der Waals surface area contributed by atoms with Gasteiger partial charge in [0.25, 0.3) is 0 Å². The summed E-state index contributed by atoms with van der Waals surface area (Å²) in [4.78, 5) is 24.9. The lowest BCUT2D eigenvalue weighted by Crippen LogP contribution is -2.58. The minimum absolute atomic E-state index is 0.0767. The summed E-state index contributed by atoms with van der Waals surface area (Å²) in [7, 11) is 0. The SMILES string of the molecule is CCCCOC(=O)C1(C)CC(C)(C)C(C)CC1(CC)C(=O)O. The summed E-state index contributed by atoms with van der Waals surface area (Å²) in [6.45, 7) is 12.4. The van der Waals surface area contributed by atoms with Gasteiger partial charge in [0, 0.05) is 0 Å². The number of ether oxygens (including phenoxy) is 1. The number of aliphatic carboxylic acids is 1. The smallest absolute Gasteiger partial charge is 0.312 e. The molecule has 1 saturated carbocycles. The third-order valence-electron chi connectivity index (χ3n) is 6.05. The van der Waals surface area contributed by atoms with Crippen molar-refractivity contribution in [3.63, 3.8) is 0 Å². The van der Waals surface area contributed by atoms with Crippen molar-refractivity contribution in [3.05, 3.63) is 0 Å². The molecule has 3 atom stereocenters. The first-order valence-electron chi connectivity index (χ1n) is 8.48. The second-order valence-corrected chi connectivity index (χ2v) is 7.83. The average Bonchev–Trinajstić information content (AvgIpc) is 2.42. The van der Waals surface area contributed by atoms with Crippen LogP contribution < -0.4 is 0 Å². The average molecular weight is 312 g/mol. The molecule has 128 valence electrons. The topological polar surface area (TPSA) is 63.6 Å². The van der Waals surface area contributed by atoms with E-state index in [0.29, 0.717) is 25.9 Å². The van der Waals surface area contributed by atoms with Crippen LogP contribution in [0.4, 0.5) is 0 Å². The zero-order chi connectivity index (χ0) is 17.2. The highest BCUT2D eigenvalue weighted by Crippen LogP contribution is 2.60. The third kappa shape index (κ3) is 3.02. The Morgan fingerprint density at radius 3 is 2.27 bits per heavy atom. The second-order valence-electron chi connectivity index (χ2n) is 7.83. The quantitative estimate of drug-likeness (QED) is 0.587. The largest absolute Gasteiger partial charge is 0.481 e. The molecule has 0 bridgehead atoms. The molecular formula is C18H32O4. The van der Waals surface area contributed by atoms with E-state index in [1.165, 1.54) is 0 Å². The molecule has 0 radical (unpaired) electrons. The van der Waals surface area contributed by atoms with E-state index in [2.05, 4.69) is 20.8 Å². The number of carboxylic acid groups (broad SMARTS) is 1. The van der Waals surface area contributed by atoms with Gasteiger partial charge in [-0.3, -0.25) is 9.59 Å². The Balaban J connectivity index is 3.22. The van der Waals surface area contributed by atoms with E-state index >= 15 is 0 Å². The maximum absolute atomic E-state index is 12.8. The molecule has 0 aromatic heterocycles. The Morgan fingerprint density at radius 2 is 1.82 bits per heavy atom. The van der Waals surface area contributed by atoms with E-state index in [-0.39, 0.29) is 17.3 Å². The fourth-order valence-corrected chi connectivity index (χ4v) is 4.02. The highest BCUT2D eigenvalue weighted by molar-refractivity contribution is 5.87. The molecule has 4 nitrogen and oxygen atoms in total. The van der Waals surface area contributed by atoms with Crippen LogP contribution in [-0.4, -0.2) is 23.7 Å². The molecule has 0 aliphatic heterocycles. The highest BCUT2D eigenvalue weighted by Gasteiger charge is 2.63. The monoisotopic (exact) mass is 312 g/mol. The molecule has 0 spiro atoms. The van der Waals surface area contributed by atoms with Gasteiger partial charge in [0.2, 0.25) is 0 Å². The number of hydrogen-bond donors (Lipinski definition) is 1.